The summed E-state index contributed by atoms with van der Waals surface area (Å²) < 4.78 is 6.98. The number of nitrogens with zero attached hydrogens (tertiary/aromatic N) is 3. The van der Waals surface area contributed by atoms with Crippen molar-refractivity contribution in [1.82, 2.24) is 20.3 Å². The van der Waals surface area contributed by atoms with Gasteiger partial charge in [-0.05, 0) is 69.1 Å². The van der Waals surface area contributed by atoms with E-state index in [0.717, 1.165) is 68.0 Å². The van der Waals surface area contributed by atoms with Crippen LogP contribution in [-0.4, -0.2) is 26.9 Å². The highest BCUT2D eigenvalue weighted by molar-refractivity contribution is 5.86. The molecule has 1 aromatic carbocycles. The lowest BCUT2D eigenvalue weighted by Gasteiger charge is -2.30. The van der Waals surface area contributed by atoms with Crippen LogP contribution in [0.1, 0.15) is 61.5 Å². The van der Waals surface area contributed by atoms with E-state index in [-0.39, 0.29) is 30.0 Å². The molecule has 7 heteroatoms. The molecule has 0 aliphatic heterocycles. The Kier molecular flexibility index (Phi) is 5.11. The first-order valence-corrected chi connectivity index (χ1v) is 10.9. The van der Waals surface area contributed by atoms with Gasteiger partial charge in [0.1, 0.15) is 5.69 Å². The maximum atomic E-state index is 12.5. The van der Waals surface area contributed by atoms with E-state index in [1.165, 1.54) is 0 Å². The van der Waals surface area contributed by atoms with E-state index < -0.39 is 0 Å². The Morgan fingerprint density at radius 3 is 2.80 bits per heavy atom. The molecule has 0 unspecified atom stereocenters. The van der Waals surface area contributed by atoms with Gasteiger partial charge >= 0.3 is 0 Å². The Morgan fingerprint density at radius 2 is 1.93 bits per heavy atom. The molecular weight excluding hydrogens is 380 g/mol. The maximum absolute atomic E-state index is 12.5. The summed E-state index contributed by atoms with van der Waals surface area (Å²) >= 11 is 0. The number of amides is 1. The predicted octanol–water partition coefficient (Wildman–Crippen LogP) is 3.11. The quantitative estimate of drug-likeness (QED) is 0.719. The van der Waals surface area contributed by atoms with E-state index in [2.05, 4.69) is 10.5 Å². The van der Waals surface area contributed by atoms with Crippen molar-refractivity contribution in [3.63, 3.8) is 0 Å². The van der Waals surface area contributed by atoms with Gasteiger partial charge < -0.3 is 9.84 Å². The van der Waals surface area contributed by atoms with Crippen LogP contribution in [0.3, 0.4) is 0 Å². The van der Waals surface area contributed by atoms with Crippen LogP contribution in [-0.2, 0) is 24.1 Å². The van der Waals surface area contributed by atoms with Crippen LogP contribution in [0.4, 0.5) is 0 Å². The lowest BCUT2D eigenvalue weighted by atomic mass is 9.90. The van der Waals surface area contributed by atoms with Gasteiger partial charge in [0.15, 0.2) is 5.58 Å². The van der Waals surface area contributed by atoms with Crippen LogP contribution in [0, 0.1) is 0 Å². The molecule has 3 aromatic rings. The number of para-hydroxylation sites is 1. The van der Waals surface area contributed by atoms with Crippen LogP contribution in [0.15, 0.2) is 39.6 Å². The van der Waals surface area contributed by atoms with E-state index in [0.29, 0.717) is 11.3 Å². The molecule has 2 aliphatic carbocycles. The third-order valence-corrected chi connectivity index (χ3v) is 6.42. The van der Waals surface area contributed by atoms with Crippen molar-refractivity contribution in [2.24, 2.45) is 0 Å². The monoisotopic (exact) mass is 406 g/mol. The summed E-state index contributed by atoms with van der Waals surface area (Å²) in [4.78, 5) is 25.1. The normalized spacial score (nSPS) is 21.3. The average molecular weight is 406 g/mol. The minimum atomic E-state index is -0.0402. The van der Waals surface area contributed by atoms with Crippen LogP contribution in [0.2, 0.25) is 0 Å². The molecule has 2 aromatic heterocycles. The zero-order chi connectivity index (χ0) is 20.5. The second kappa shape index (κ2) is 8.05. The molecule has 0 radical (unpaired) electrons. The van der Waals surface area contributed by atoms with Gasteiger partial charge in [-0.25, -0.2) is 4.68 Å². The minimum Gasteiger partial charge on any atom is -0.356 e. The van der Waals surface area contributed by atoms with Crippen molar-refractivity contribution in [2.45, 2.75) is 69.9 Å². The summed E-state index contributed by atoms with van der Waals surface area (Å²) in [6, 6.07) is 9.61. The summed E-state index contributed by atoms with van der Waals surface area (Å²) in [5.41, 5.74) is 3.60. The summed E-state index contributed by atoms with van der Waals surface area (Å²) in [7, 11) is 0. The second-order valence-corrected chi connectivity index (χ2v) is 8.48. The fourth-order valence-electron chi connectivity index (χ4n) is 4.80. The Hall–Kier alpha value is -2.96. The first-order chi connectivity index (χ1) is 14.7. The fourth-order valence-corrected chi connectivity index (χ4v) is 4.80. The van der Waals surface area contributed by atoms with Crippen LogP contribution in [0.5, 0.6) is 0 Å². The number of aryl methyl sites for hydroxylation is 2. The van der Waals surface area contributed by atoms with Crippen molar-refractivity contribution in [1.29, 1.82) is 0 Å². The fraction of sp³-hybridized carbons (Fsp3) is 0.478. The van der Waals surface area contributed by atoms with Crippen molar-refractivity contribution >= 4 is 16.9 Å². The predicted molar refractivity (Wildman–Crippen MR) is 112 cm³/mol. The summed E-state index contributed by atoms with van der Waals surface area (Å²) in [5.74, 6) is -0.0402. The second-order valence-electron chi connectivity index (χ2n) is 8.48. The van der Waals surface area contributed by atoms with Gasteiger partial charge in [-0.2, -0.15) is 5.10 Å². The number of nitrogens with one attached hydrogen (secondary N) is 1. The molecule has 1 N–H and O–H groups in total. The van der Waals surface area contributed by atoms with Crippen LogP contribution < -0.4 is 10.9 Å². The Balaban J connectivity index is 1.19. The van der Waals surface area contributed by atoms with Gasteiger partial charge in [-0.1, -0.05) is 17.3 Å². The molecule has 2 heterocycles. The van der Waals surface area contributed by atoms with Crippen LogP contribution in [0.25, 0.3) is 11.0 Å². The van der Waals surface area contributed by atoms with Crippen LogP contribution >= 0.6 is 0 Å². The third-order valence-electron chi connectivity index (χ3n) is 6.42. The third kappa shape index (κ3) is 3.76. The first kappa shape index (κ1) is 19.0. The Morgan fingerprint density at radius 1 is 1.13 bits per heavy atom. The van der Waals surface area contributed by atoms with E-state index in [4.69, 9.17) is 9.62 Å². The maximum Gasteiger partial charge on any atom is 0.267 e. The molecule has 0 atom stereocenters. The summed E-state index contributed by atoms with van der Waals surface area (Å²) in [6.45, 7) is 0. The largest absolute Gasteiger partial charge is 0.356 e. The van der Waals surface area contributed by atoms with Crippen molar-refractivity contribution in [3.8, 4) is 0 Å². The Labute approximate surface area is 174 Å². The van der Waals surface area contributed by atoms with Crippen molar-refractivity contribution in [3.05, 3.63) is 57.6 Å². The molecule has 1 fully saturated rings. The molecular formula is C23H26N4O3. The molecule has 7 nitrogen and oxygen atoms in total. The number of hydrogen-bond acceptors (Lipinski definition) is 5. The highest BCUT2D eigenvalue weighted by Crippen LogP contribution is 2.28. The zero-order valence-electron chi connectivity index (χ0n) is 17.0. The van der Waals surface area contributed by atoms with E-state index in [9.17, 15) is 9.59 Å². The molecule has 0 saturated heterocycles. The number of hydrogen-bond donors (Lipinski definition) is 1. The van der Waals surface area contributed by atoms with E-state index in [1.54, 1.807) is 10.7 Å². The molecule has 0 bridgehead atoms. The average Bonchev–Trinajstić information content (AvgIpc) is 3.17. The van der Waals surface area contributed by atoms with Gasteiger partial charge in [0.2, 0.25) is 5.91 Å². The summed E-state index contributed by atoms with van der Waals surface area (Å²) in [5, 5.41) is 12.8. The van der Waals surface area contributed by atoms with Gasteiger partial charge in [0.05, 0.1) is 18.2 Å². The number of aromatic nitrogens is 3. The number of benzene rings is 1. The van der Waals surface area contributed by atoms with Gasteiger partial charge in [0, 0.05) is 17.5 Å². The number of carbonyl (C=O) groups is 1. The molecule has 30 heavy (non-hydrogen) atoms. The van der Waals surface area contributed by atoms with Gasteiger partial charge in [0.25, 0.3) is 5.56 Å². The minimum absolute atomic E-state index is 0.0149. The van der Waals surface area contributed by atoms with Gasteiger partial charge in [-0.3, -0.25) is 9.59 Å². The molecule has 1 saturated carbocycles. The molecule has 156 valence electrons. The molecule has 2 aliphatic rings. The molecule has 0 spiro atoms. The topological polar surface area (TPSA) is 90.0 Å². The van der Waals surface area contributed by atoms with E-state index >= 15 is 0 Å². The smallest absolute Gasteiger partial charge is 0.267 e. The zero-order valence-corrected chi connectivity index (χ0v) is 17.0. The first-order valence-electron chi connectivity index (χ1n) is 10.9. The number of rotatable bonds is 4. The lowest BCUT2D eigenvalue weighted by molar-refractivity contribution is -0.121. The lowest BCUT2D eigenvalue weighted by Crippen LogP contribution is -2.40. The van der Waals surface area contributed by atoms with Gasteiger partial charge in [-0.15, -0.1) is 0 Å². The summed E-state index contributed by atoms with van der Waals surface area (Å²) in [6.07, 6.45) is 7.85. The van der Waals surface area contributed by atoms with E-state index in [1.807, 2.05) is 24.3 Å². The van der Waals surface area contributed by atoms with Crippen molar-refractivity contribution < 1.29 is 9.32 Å². The number of fused-ring (bicyclic) bond motifs is 2. The van der Waals surface area contributed by atoms with Crippen molar-refractivity contribution in [2.75, 3.05) is 0 Å². The highest BCUT2D eigenvalue weighted by atomic mass is 16.5. The molecule has 5 rings (SSSR count). The Bertz CT molecular complexity index is 1120. The highest BCUT2D eigenvalue weighted by Gasteiger charge is 2.26. The number of carbonyl (C=O) groups excluding carboxylic acids is 1. The SMILES string of the molecule is O=C(Cc1noc2ccccc12)NC1CCC(n2nc3c(cc2=O)CCCC3)CC1. The molecule has 1 amide bonds. The standard InChI is InChI=1S/C23H26N4O3/c28-22(14-20-18-6-2-4-8-21(18)30-26-20)24-16-9-11-17(12-10-16)27-23(29)13-15-5-1-3-7-19(15)25-27/h2,4,6,8,13,16-17H,1,3,5,7,9-12,14H2,(H,24,28).